The van der Waals surface area contributed by atoms with Gasteiger partial charge in [-0.3, -0.25) is 4.90 Å². The smallest absolute Gasteiger partial charge is 0.328 e. The Morgan fingerprint density at radius 2 is 1.24 bits per heavy atom. The molecule has 0 atom stereocenters. The number of likely N-dealkylation sites (tertiary alicyclic amines) is 1. The first-order valence-electron chi connectivity index (χ1n) is 12.9. The number of carboxylic acid groups (broad SMARTS) is 2. The average molecular weight is 508 g/mol. The average Bonchev–Trinajstić information content (AvgIpc) is 3.10. The number of nitrogens with zero attached hydrogens (tertiary/aromatic N) is 1. The maximum absolute atomic E-state index is 9.55. The van der Waals surface area contributed by atoms with Crippen molar-refractivity contribution >= 4 is 30.2 Å². The molecule has 0 aromatic heterocycles. The summed E-state index contributed by atoms with van der Waals surface area (Å²) < 4.78 is 0. The van der Waals surface area contributed by atoms with Crippen LogP contribution in [0.1, 0.15) is 46.6 Å². The number of piperidine rings is 1. The highest BCUT2D eigenvalue weighted by Gasteiger charge is 2.31. The number of carboxylic acids is 2. The third-order valence-electron chi connectivity index (χ3n) is 7.05. The lowest BCUT2D eigenvalue weighted by Crippen LogP contribution is -2.36. The van der Waals surface area contributed by atoms with Gasteiger partial charge in [0.1, 0.15) is 0 Å². The SMILES string of the molecule is C(=Cc1ccccc1)CN1CCC(C2c3ccccc3C=Cc3ccccc32)CC1.O=C(O)/C=C\C(=O)O. The topological polar surface area (TPSA) is 77.8 Å². The first-order chi connectivity index (χ1) is 18.5. The van der Waals surface area contributed by atoms with Crippen LogP contribution in [0.2, 0.25) is 0 Å². The summed E-state index contributed by atoms with van der Waals surface area (Å²) in [5.41, 5.74) is 7.05. The lowest BCUT2D eigenvalue weighted by Gasteiger charge is -2.37. The van der Waals surface area contributed by atoms with Crippen LogP contribution in [0.3, 0.4) is 0 Å². The summed E-state index contributed by atoms with van der Waals surface area (Å²) in [6, 6.07) is 28.6. The number of hydrogen-bond acceptors (Lipinski definition) is 3. The van der Waals surface area contributed by atoms with E-state index in [2.05, 4.69) is 108 Å². The molecule has 1 aliphatic carbocycles. The number of rotatable bonds is 6. The number of hydrogen-bond donors (Lipinski definition) is 2. The van der Waals surface area contributed by atoms with Crippen LogP contribution in [-0.4, -0.2) is 46.7 Å². The second-order valence-electron chi connectivity index (χ2n) is 9.53. The molecule has 0 amide bonds. The summed E-state index contributed by atoms with van der Waals surface area (Å²) in [4.78, 5) is 21.7. The van der Waals surface area contributed by atoms with E-state index in [1.807, 2.05) is 0 Å². The van der Waals surface area contributed by atoms with Gasteiger partial charge in [0.25, 0.3) is 0 Å². The first-order valence-corrected chi connectivity index (χ1v) is 12.9. The van der Waals surface area contributed by atoms with Crippen LogP contribution in [0.5, 0.6) is 0 Å². The van der Waals surface area contributed by atoms with Gasteiger partial charge in [-0.2, -0.15) is 0 Å². The molecule has 2 aliphatic rings. The van der Waals surface area contributed by atoms with Gasteiger partial charge in [-0.1, -0.05) is 103 Å². The molecule has 0 saturated carbocycles. The van der Waals surface area contributed by atoms with Crippen molar-refractivity contribution in [3.63, 3.8) is 0 Å². The minimum Gasteiger partial charge on any atom is -0.478 e. The molecule has 0 bridgehead atoms. The van der Waals surface area contributed by atoms with Crippen molar-refractivity contribution in [3.8, 4) is 0 Å². The molecule has 3 aromatic carbocycles. The van der Waals surface area contributed by atoms with Gasteiger partial charge in [-0.25, -0.2) is 9.59 Å². The molecular weight excluding hydrogens is 474 g/mol. The molecule has 1 fully saturated rings. The Bertz CT molecular complexity index is 1250. The van der Waals surface area contributed by atoms with Gasteiger partial charge in [0, 0.05) is 24.6 Å². The predicted molar refractivity (Wildman–Crippen MR) is 153 cm³/mol. The van der Waals surface area contributed by atoms with Gasteiger partial charge >= 0.3 is 11.9 Å². The van der Waals surface area contributed by atoms with Crippen LogP contribution in [0.15, 0.2) is 97.1 Å². The van der Waals surface area contributed by atoms with E-state index < -0.39 is 11.9 Å². The van der Waals surface area contributed by atoms with E-state index in [0.29, 0.717) is 24.0 Å². The fourth-order valence-corrected chi connectivity index (χ4v) is 5.26. The van der Waals surface area contributed by atoms with Gasteiger partial charge < -0.3 is 10.2 Å². The van der Waals surface area contributed by atoms with Crippen molar-refractivity contribution in [1.29, 1.82) is 0 Å². The molecule has 3 aromatic rings. The van der Waals surface area contributed by atoms with Crippen LogP contribution in [-0.2, 0) is 9.59 Å². The molecule has 1 aliphatic heterocycles. The van der Waals surface area contributed by atoms with Crippen molar-refractivity contribution < 1.29 is 19.8 Å². The molecule has 0 spiro atoms. The van der Waals surface area contributed by atoms with Crippen LogP contribution >= 0.6 is 0 Å². The van der Waals surface area contributed by atoms with Crippen LogP contribution in [0, 0.1) is 5.92 Å². The highest BCUT2D eigenvalue weighted by molar-refractivity contribution is 5.89. The number of carbonyl (C=O) groups is 2. The number of fused-ring (bicyclic) bond motifs is 2. The Morgan fingerprint density at radius 3 is 1.76 bits per heavy atom. The molecule has 2 N–H and O–H groups in total. The molecule has 0 unspecified atom stereocenters. The van der Waals surface area contributed by atoms with Gasteiger partial charge in [-0.05, 0) is 59.7 Å². The zero-order chi connectivity index (χ0) is 26.7. The second kappa shape index (κ2) is 13.4. The minimum atomic E-state index is -1.26. The van der Waals surface area contributed by atoms with Crippen molar-refractivity contribution in [2.75, 3.05) is 19.6 Å². The summed E-state index contributed by atoms with van der Waals surface area (Å²) in [7, 11) is 0. The molecule has 0 radical (unpaired) electrons. The molecule has 194 valence electrons. The predicted octanol–water partition coefficient (Wildman–Crippen LogP) is 6.44. The molecule has 5 heteroatoms. The normalized spacial score (nSPS) is 15.9. The van der Waals surface area contributed by atoms with E-state index in [-0.39, 0.29) is 0 Å². The van der Waals surface area contributed by atoms with Crippen molar-refractivity contribution in [2.45, 2.75) is 18.8 Å². The van der Waals surface area contributed by atoms with Crippen LogP contribution < -0.4 is 0 Å². The van der Waals surface area contributed by atoms with Gasteiger partial charge in [-0.15, -0.1) is 0 Å². The highest BCUT2D eigenvalue weighted by atomic mass is 16.4. The lowest BCUT2D eigenvalue weighted by atomic mass is 9.74. The summed E-state index contributed by atoms with van der Waals surface area (Å²) >= 11 is 0. The van der Waals surface area contributed by atoms with Crippen LogP contribution in [0.4, 0.5) is 0 Å². The summed E-state index contributed by atoms with van der Waals surface area (Å²) in [6.07, 6.45) is 12.8. The molecule has 1 heterocycles. The van der Waals surface area contributed by atoms with Crippen molar-refractivity contribution in [2.24, 2.45) is 5.92 Å². The van der Waals surface area contributed by atoms with Gasteiger partial charge in [0.2, 0.25) is 0 Å². The molecular formula is C33H33NO4. The zero-order valence-electron chi connectivity index (χ0n) is 21.3. The van der Waals surface area contributed by atoms with Crippen molar-refractivity contribution in [1.82, 2.24) is 4.90 Å². The Hall–Kier alpha value is -4.22. The number of benzene rings is 3. The van der Waals surface area contributed by atoms with Gasteiger partial charge in [0.15, 0.2) is 0 Å². The van der Waals surface area contributed by atoms with E-state index in [1.54, 1.807) is 0 Å². The fourth-order valence-electron chi connectivity index (χ4n) is 5.26. The van der Waals surface area contributed by atoms with E-state index >= 15 is 0 Å². The molecule has 38 heavy (non-hydrogen) atoms. The quantitative estimate of drug-likeness (QED) is 0.376. The summed E-state index contributed by atoms with van der Waals surface area (Å²) in [6.45, 7) is 3.40. The Balaban J connectivity index is 0.000000368. The lowest BCUT2D eigenvalue weighted by molar-refractivity contribution is -0.134. The highest BCUT2D eigenvalue weighted by Crippen LogP contribution is 2.43. The van der Waals surface area contributed by atoms with E-state index in [9.17, 15) is 9.59 Å². The second-order valence-corrected chi connectivity index (χ2v) is 9.53. The third kappa shape index (κ3) is 7.40. The number of aliphatic carboxylic acids is 2. The minimum absolute atomic E-state index is 0.495. The summed E-state index contributed by atoms with van der Waals surface area (Å²) in [5, 5.41) is 15.6. The molecule has 1 saturated heterocycles. The summed E-state index contributed by atoms with van der Waals surface area (Å²) in [5.74, 6) is -1.32. The first kappa shape index (κ1) is 26.8. The maximum atomic E-state index is 9.55. The zero-order valence-corrected chi connectivity index (χ0v) is 21.3. The maximum Gasteiger partial charge on any atom is 0.328 e. The third-order valence-corrected chi connectivity index (χ3v) is 7.05. The standard InChI is InChI=1S/C29H29N.C4H4O4/c1-2-9-23(10-3-1)11-8-20-30-21-18-26(19-22-30)29-27-14-6-4-12-24(27)16-17-25-13-5-7-15-28(25)29;5-3(6)1-2-4(7)8/h1-17,26,29H,18-22H2;1-2H,(H,5,6)(H,7,8)/b;2-1-. The Morgan fingerprint density at radius 1 is 0.737 bits per heavy atom. The largest absolute Gasteiger partial charge is 0.478 e. The van der Waals surface area contributed by atoms with E-state index in [1.165, 1.54) is 53.7 Å². The fraction of sp³-hybridized carbons (Fsp3) is 0.212. The Kier molecular flexibility index (Phi) is 9.43. The van der Waals surface area contributed by atoms with E-state index in [0.717, 1.165) is 6.54 Å². The monoisotopic (exact) mass is 507 g/mol. The molecule has 5 nitrogen and oxygen atoms in total. The van der Waals surface area contributed by atoms with Crippen LogP contribution in [0.25, 0.3) is 18.2 Å². The molecule has 5 rings (SSSR count). The van der Waals surface area contributed by atoms with Gasteiger partial charge in [0.05, 0.1) is 0 Å². The Labute approximate surface area is 224 Å². The van der Waals surface area contributed by atoms with Crippen molar-refractivity contribution in [3.05, 3.63) is 125 Å². The van der Waals surface area contributed by atoms with E-state index in [4.69, 9.17) is 10.2 Å².